The van der Waals surface area contributed by atoms with Gasteiger partial charge in [-0.25, -0.2) is 4.68 Å². The zero-order valence-corrected chi connectivity index (χ0v) is 20.6. The molecule has 0 amide bonds. The number of methoxy groups -OCH3 is 1. The largest absolute Gasteiger partial charge is 0.497 e. The van der Waals surface area contributed by atoms with Crippen molar-refractivity contribution in [1.82, 2.24) is 19.6 Å². The molecule has 0 bridgehead atoms. The fraction of sp³-hybridized carbons (Fsp3) is 0.296. The Bertz CT molecular complexity index is 1450. The molecule has 9 nitrogen and oxygen atoms in total. The zero-order valence-electron chi connectivity index (χ0n) is 20.6. The summed E-state index contributed by atoms with van der Waals surface area (Å²) in [5, 5.41) is 8.29. The fourth-order valence-electron chi connectivity index (χ4n) is 4.12. The van der Waals surface area contributed by atoms with E-state index in [4.69, 9.17) is 9.47 Å². The molecule has 0 aliphatic carbocycles. The molecule has 0 saturated heterocycles. The van der Waals surface area contributed by atoms with Crippen molar-refractivity contribution in [3.05, 3.63) is 87.5 Å². The molecule has 0 aliphatic heterocycles. The van der Waals surface area contributed by atoms with E-state index < -0.39 is 5.97 Å². The summed E-state index contributed by atoms with van der Waals surface area (Å²) in [6.45, 7) is 4.22. The smallest absolute Gasteiger partial charge is 0.308 e. The molecule has 0 saturated carbocycles. The first-order chi connectivity index (χ1) is 17.4. The van der Waals surface area contributed by atoms with Crippen molar-refractivity contribution in [3.63, 3.8) is 0 Å². The number of esters is 1. The Morgan fingerprint density at radius 3 is 2.50 bits per heavy atom. The normalized spacial score (nSPS) is 11.0. The highest BCUT2D eigenvalue weighted by Gasteiger charge is 2.18. The number of fused-ring (bicyclic) bond motifs is 1. The van der Waals surface area contributed by atoms with Gasteiger partial charge in [0.1, 0.15) is 11.3 Å². The lowest BCUT2D eigenvalue weighted by Crippen LogP contribution is -2.26. The summed E-state index contributed by atoms with van der Waals surface area (Å²) in [6, 6.07) is 16.6. The molecule has 0 atom stereocenters. The predicted molar refractivity (Wildman–Crippen MR) is 134 cm³/mol. The lowest BCUT2D eigenvalue weighted by atomic mass is 10.1. The van der Waals surface area contributed by atoms with Gasteiger partial charge in [0.05, 0.1) is 25.5 Å². The molecule has 0 spiro atoms. The van der Waals surface area contributed by atoms with Gasteiger partial charge < -0.3 is 14.0 Å². The number of rotatable bonds is 10. The van der Waals surface area contributed by atoms with Crippen LogP contribution in [0.1, 0.15) is 33.7 Å². The van der Waals surface area contributed by atoms with Crippen molar-refractivity contribution in [3.8, 4) is 5.75 Å². The van der Waals surface area contributed by atoms with Crippen LogP contribution in [-0.2, 0) is 29.0 Å². The van der Waals surface area contributed by atoms with Crippen LogP contribution in [0.2, 0.25) is 0 Å². The van der Waals surface area contributed by atoms with Crippen LogP contribution < -0.4 is 10.3 Å². The van der Waals surface area contributed by atoms with Gasteiger partial charge in [-0.1, -0.05) is 29.5 Å². The van der Waals surface area contributed by atoms with Gasteiger partial charge in [-0.15, -0.1) is 5.10 Å². The van der Waals surface area contributed by atoms with Crippen LogP contribution >= 0.6 is 0 Å². The van der Waals surface area contributed by atoms with Gasteiger partial charge in [-0.05, 0) is 56.2 Å². The molecule has 0 fully saturated rings. The summed E-state index contributed by atoms with van der Waals surface area (Å²) in [6.07, 6.45) is 0.709. The molecule has 2 heterocycles. The Morgan fingerprint density at radius 1 is 1.00 bits per heavy atom. The van der Waals surface area contributed by atoms with Crippen LogP contribution in [-0.4, -0.2) is 45.0 Å². The molecular formula is C27H28N4O5. The summed E-state index contributed by atoms with van der Waals surface area (Å²) >= 11 is 0. The topological polar surface area (TPSA) is 105 Å². The van der Waals surface area contributed by atoms with E-state index in [1.807, 2.05) is 44.2 Å². The van der Waals surface area contributed by atoms with Crippen LogP contribution in [0.3, 0.4) is 0 Å². The van der Waals surface area contributed by atoms with Crippen LogP contribution in [0, 0.1) is 13.8 Å². The second-order valence-electron chi connectivity index (χ2n) is 8.50. The summed E-state index contributed by atoms with van der Waals surface area (Å²) < 4.78 is 13.6. The lowest BCUT2D eigenvalue weighted by molar-refractivity contribution is -0.142. The first-order valence-corrected chi connectivity index (χ1v) is 11.7. The quantitative estimate of drug-likeness (QED) is 0.249. The van der Waals surface area contributed by atoms with E-state index >= 15 is 0 Å². The summed E-state index contributed by atoms with van der Waals surface area (Å²) in [7, 11) is 1.64. The number of aromatic nitrogens is 4. The number of hydrogen-bond acceptors (Lipinski definition) is 7. The number of ketones is 1. The molecule has 36 heavy (non-hydrogen) atoms. The first kappa shape index (κ1) is 24.8. The minimum atomic E-state index is -0.585. The van der Waals surface area contributed by atoms with Crippen LogP contribution in [0.4, 0.5) is 0 Å². The van der Waals surface area contributed by atoms with E-state index in [9.17, 15) is 14.4 Å². The molecule has 0 unspecified atom stereocenters. The van der Waals surface area contributed by atoms with Crippen molar-refractivity contribution < 1.29 is 19.1 Å². The van der Waals surface area contributed by atoms with Gasteiger partial charge in [-0.3, -0.25) is 14.4 Å². The number of carbonyl (C=O) groups excluding carboxylic acids is 2. The number of Topliss-reactive ketones (excluding diaryl/α,β-unsaturated/α-hetero) is 1. The van der Waals surface area contributed by atoms with E-state index in [2.05, 4.69) is 14.9 Å². The maximum absolute atomic E-state index is 12.8. The Balaban J connectivity index is 1.31. The predicted octanol–water partition coefficient (Wildman–Crippen LogP) is 3.28. The van der Waals surface area contributed by atoms with Crippen LogP contribution in [0.25, 0.3) is 10.9 Å². The highest BCUT2D eigenvalue weighted by atomic mass is 16.5. The van der Waals surface area contributed by atoms with Gasteiger partial charge in [-0.2, -0.15) is 0 Å². The van der Waals surface area contributed by atoms with Crippen LogP contribution in [0.15, 0.2) is 59.4 Å². The van der Waals surface area contributed by atoms with Crippen molar-refractivity contribution in [2.24, 2.45) is 0 Å². The number of nitrogens with zero attached hydrogens (tertiary/aromatic N) is 4. The average molecular weight is 489 g/mol. The third-order valence-corrected chi connectivity index (χ3v) is 6.18. The number of aryl methyl sites for hydroxylation is 3. The minimum absolute atomic E-state index is 0.0174. The van der Waals surface area contributed by atoms with Gasteiger partial charge in [0.25, 0.3) is 5.56 Å². The molecule has 0 aliphatic rings. The van der Waals surface area contributed by atoms with Crippen molar-refractivity contribution in [2.45, 2.75) is 39.8 Å². The maximum Gasteiger partial charge on any atom is 0.308 e. The summed E-state index contributed by atoms with van der Waals surface area (Å²) in [5.74, 6) is -0.0416. The third-order valence-electron chi connectivity index (χ3n) is 6.18. The number of carbonyl (C=O) groups is 2. The number of hydrogen-bond donors (Lipinski definition) is 0. The first-order valence-electron chi connectivity index (χ1n) is 11.7. The highest BCUT2D eigenvalue weighted by molar-refractivity contribution is 5.99. The molecule has 9 heteroatoms. The molecular weight excluding hydrogens is 460 g/mol. The highest BCUT2D eigenvalue weighted by Crippen LogP contribution is 2.18. The van der Waals surface area contributed by atoms with E-state index in [-0.39, 0.29) is 30.9 Å². The van der Waals surface area contributed by atoms with Gasteiger partial charge in [0.15, 0.2) is 6.61 Å². The monoisotopic (exact) mass is 488 g/mol. The zero-order chi connectivity index (χ0) is 25.7. The molecule has 186 valence electrons. The van der Waals surface area contributed by atoms with Crippen LogP contribution in [0.5, 0.6) is 5.75 Å². The molecule has 4 aromatic rings. The van der Waals surface area contributed by atoms with Crippen molar-refractivity contribution in [2.75, 3.05) is 13.7 Å². The molecule has 2 aromatic heterocycles. The maximum atomic E-state index is 12.8. The van der Waals surface area contributed by atoms with E-state index in [0.29, 0.717) is 16.5 Å². The Morgan fingerprint density at radius 2 is 1.75 bits per heavy atom. The second kappa shape index (κ2) is 11.0. The summed E-state index contributed by atoms with van der Waals surface area (Å²) in [4.78, 5) is 37.5. The van der Waals surface area contributed by atoms with Crippen molar-refractivity contribution >= 4 is 22.7 Å². The number of ether oxygens (including phenoxy) is 2. The molecule has 0 N–H and O–H groups in total. The second-order valence-corrected chi connectivity index (χ2v) is 8.50. The molecule has 2 aromatic carbocycles. The lowest BCUT2D eigenvalue weighted by Gasteiger charge is -2.10. The fourth-order valence-corrected chi connectivity index (χ4v) is 4.12. The average Bonchev–Trinajstić information content (AvgIpc) is 3.19. The van der Waals surface area contributed by atoms with Gasteiger partial charge in [0, 0.05) is 23.5 Å². The number of benzene rings is 2. The summed E-state index contributed by atoms with van der Waals surface area (Å²) in [5.41, 5.74) is 3.66. The van der Waals surface area contributed by atoms with E-state index in [1.165, 1.54) is 5.56 Å². The minimum Gasteiger partial charge on any atom is -0.497 e. The standard InChI is InChI=1S/C27H28N4O5/c1-18-16-23(19(2)30(18)14-12-20-8-10-21(35-3)11-9-20)25(32)17-36-26(33)13-15-31-27(34)22-6-4-5-7-24(22)28-29-31/h4-11,16H,12-15,17H2,1-3H3. The molecule has 4 rings (SSSR count). The Hall–Kier alpha value is -4.27. The Kier molecular flexibility index (Phi) is 7.58. The van der Waals surface area contributed by atoms with Gasteiger partial charge in [0.2, 0.25) is 5.78 Å². The van der Waals surface area contributed by atoms with E-state index in [1.54, 1.807) is 31.4 Å². The molecule has 0 radical (unpaired) electrons. The van der Waals surface area contributed by atoms with E-state index in [0.717, 1.165) is 34.8 Å². The van der Waals surface area contributed by atoms with Crippen molar-refractivity contribution in [1.29, 1.82) is 0 Å². The SMILES string of the molecule is COc1ccc(CCn2c(C)cc(C(=O)COC(=O)CCn3nnc4ccccc4c3=O)c2C)cc1. The van der Waals surface area contributed by atoms with Gasteiger partial charge >= 0.3 is 5.97 Å². The third kappa shape index (κ3) is 5.51. The Labute approximate surface area is 208 Å².